The van der Waals surface area contributed by atoms with E-state index in [0.29, 0.717) is 6.54 Å². The van der Waals surface area contributed by atoms with Gasteiger partial charge in [-0.05, 0) is 40.0 Å². The number of carbonyl (C=O) groups excluding carboxylic acids is 1. The molecule has 0 aliphatic heterocycles. The van der Waals surface area contributed by atoms with Crippen molar-refractivity contribution in [3.8, 4) is 5.75 Å². The Balaban J connectivity index is 2.58. The van der Waals surface area contributed by atoms with Gasteiger partial charge in [0.15, 0.2) is 0 Å². The second-order valence-electron chi connectivity index (χ2n) is 3.74. The van der Waals surface area contributed by atoms with Gasteiger partial charge in [-0.2, -0.15) is 0 Å². The zero-order chi connectivity index (χ0) is 12.8. The Morgan fingerprint density at radius 3 is 2.76 bits per heavy atom. The van der Waals surface area contributed by atoms with E-state index in [2.05, 4.69) is 15.9 Å². The average Bonchev–Trinajstić information content (AvgIpc) is 2.35. The van der Waals surface area contributed by atoms with Crippen LogP contribution in [0.3, 0.4) is 0 Å². The summed E-state index contributed by atoms with van der Waals surface area (Å²) in [6, 6.07) is 5.90. The summed E-state index contributed by atoms with van der Waals surface area (Å²) in [5.41, 5.74) is 6.44. The zero-order valence-corrected chi connectivity index (χ0v) is 11.7. The SMILES string of the molecule is COc1ccc(CCN(C)C(=O)CN)cc1Br. The quantitative estimate of drug-likeness (QED) is 0.895. The topological polar surface area (TPSA) is 55.6 Å². The van der Waals surface area contributed by atoms with Crippen molar-refractivity contribution in [2.24, 2.45) is 5.73 Å². The molecule has 0 fully saturated rings. The van der Waals surface area contributed by atoms with E-state index in [9.17, 15) is 4.79 Å². The van der Waals surface area contributed by atoms with Gasteiger partial charge in [-0.3, -0.25) is 4.79 Å². The first kappa shape index (κ1) is 14.0. The van der Waals surface area contributed by atoms with Gasteiger partial charge in [-0.1, -0.05) is 6.07 Å². The molecule has 2 N–H and O–H groups in total. The third-order valence-electron chi connectivity index (χ3n) is 2.55. The van der Waals surface area contributed by atoms with Crippen molar-refractivity contribution in [2.75, 3.05) is 27.2 Å². The molecule has 94 valence electrons. The third-order valence-corrected chi connectivity index (χ3v) is 3.17. The molecular weight excluding hydrogens is 284 g/mol. The number of carbonyl (C=O) groups is 1. The molecule has 1 amide bonds. The van der Waals surface area contributed by atoms with Gasteiger partial charge in [-0.15, -0.1) is 0 Å². The number of nitrogens with two attached hydrogens (primary N) is 1. The standard InChI is InChI=1S/C12H17BrN2O2/c1-15(12(16)8-14)6-5-9-3-4-11(17-2)10(13)7-9/h3-4,7H,5-6,8,14H2,1-2H3. The molecule has 0 radical (unpaired) electrons. The van der Waals surface area contributed by atoms with Crippen molar-refractivity contribution < 1.29 is 9.53 Å². The average molecular weight is 301 g/mol. The van der Waals surface area contributed by atoms with Crippen molar-refractivity contribution in [1.82, 2.24) is 4.90 Å². The van der Waals surface area contributed by atoms with E-state index >= 15 is 0 Å². The van der Waals surface area contributed by atoms with Gasteiger partial charge in [0.2, 0.25) is 5.91 Å². The van der Waals surface area contributed by atoms with Crippen LogP contribution in [0.1, 0.15) is 5.56 Å². The second kappa shape index (κ2) is 6.61. The molecule has 1 rings (SSSR count). The molecule has 0 aliphatic carbocycles. The van der Waals surface area contributed by atoms with Crippen molar-refractivity contribution in [3.05, 3.63) is 28.2 Å². The molecule has 1 aromatic rings. The Morgan fingerprint density at radius 2 is 2.24 bits per heavy atom. The van der Waals surface area contributed by atoms with Crippen LogP contribution in [0.4, 0.5) is 0 Å². The van der Waals surface area contributed by atoms with Crippen molar-refractivity contribution in [1.29, 1.82) is 0 Å². The van der Waals surface area contributed by atoms with Crippen LogP contribution in [0.5, 0.6) is 5.75 Å². The second-order valence-corrected chi connectivity index (χ2v) is 4.59. The van der Waals surface area contributed by atoms with E-state index in [0.717, 1.165) is 22.2 Å². The smallest absolute Gasteiger partial charge is 0.236 e. The summed E-state index contributed by atoms with van der Waals surface area (Å²) in [5.74, 6) is 0.762. The number of amides is 1. The van der Waals surface area contributed by atoms with Crippen molar-refractivity contribution in [3.63, 3.8) is 0 Å². The maximum atomic E-state index is 11.3. The lowest BCUT2D eigenvalue weighted by molar-refractivity contribution is -0.128. The Bertz CT molecular complexity index is 396. The molecule has 0 atom stereocenters. The first-order valence-corrected chi connectivity index (χ1v) is 6.14. The van der Waals surface area contributed by atoms with E-state index < -0.39 is 0 Å². The normalized spacial score (nSPS) is 10.1. The molecule has 0 saturated carbocycles. The summed E-state index contributed by atoms with van der Waals surface area (Å²) in [4.78, 5) is 12.9. The Kier molecular flexibility index (Phi) is 5.44. The van der Waals surface area contributed by atoms with Crippen LogP contribution < -0.4 is 10.5 Å². The number of benzene rings is 1. The Hall–Kier alpha value is -1.07. The highest BCUT2D eigenvalue weighted by Crippen LogP contribution is 2.25. The minimum absolute atomic E-state index is 0.0439. The molecular formula is C12H17BrN2O2. The van der Waals surface area contributed by atoms with Crippen LogP contribution in [-0.2, 0) is 11.2 Å². The van der Waals surface area contributed by atoms with Crippen molar-refractivity contribution >= 4 is 21.8 Å². The predicted octanol–water partition coefficient (Wildman–Crippen LogP) is 1.42. The van der Waals surface area contributed by atoms with Crippen LogP contribution in [-0.4, -0.2) is 38.1 Å². The van der Waals surface area contributed by atoms with E-state index in [1.165, 1.54) is 0 Å². The number of methoxy groups -OCH3 is 1. The van der Waals surface area contributed by atoms with Gasteiger partial charge in [0.25, 0.3) is 0 Å². The van der Waals surface area contributed by atoms with Crippen LogP contribution in [0.25, 0.3) is 0 Å². The summed E-state index contributed by atoms with van der Waals surface area (Å²) in [6.07, 6.45) is 0.796. The first-order valence-electron chi connectivity index (χ1n) is 5.35. The van der Waals surface area contributed by atoms with Gasteiger partial charge >= 0.3 is 0 Å². The zero-order valence-electron chi connectivity index (χ0n) is 10.1. The fourth-order valence-electron chi connectivity index (χ4n) is 1.44. The molecule has 0 aliphatic rings. The van der Waals surface area contributed by atoms with Crippen LogP contribution in [0.15, 0.2) is 22.7 Å². The van der Waals surface area contributed by atoms with E-state index in [1.807, 2.05) is 18.2 Å². The number of nitrogens with zero attached hydrogens (tertiary/aromatic N) is 1. The highest BCUT2D eigenvalue weighted by Gasteiger charge is 2.07. The Morgan fingerprint density at radius 1 is 1.53 bits per heavy atom. The molecule has 1 aromatic carbocycles. The maximum Gasteiger partial charge on any atom is 0.236 e. The molecule has 4 nitrogen and oxygen atoms in total. The van der Waals surface area contributed by atoms with Crippen LogP contribution >= 0.6 is 15.9 Å². The van der Waals surface area contributed by atoms with E-state index in [4.69, 9.17) is 10.5 Å². The van der Waals surface area contributed by atoms with Gasteiger partial charge < -0.3 is 15.4 Å². The van der Waals surface area contributed by atoms with Gasteiger partial charge in [-0.25, -0.2) is 0 Å². The highest BCUT2D eigenvalue weighted by atomic mass is 79.9. The fraction of sp³-hybridized carbons (Fsp3) is 0.417. The third kappa shape index (κ3) is 4.02. The molecule has 17 heavy (non-hydrogen) atoms. The maximum absolute atomic E-state index is 11.3. The molecule has 0 aromatic heterocycles. The molecule has 0 spiro atoms. The number of hydrogen-bond donors (Lipinski definition) is 1. The minimum atomic E-state index is -0.0439. The van der Waals surface area contributed by atoms with Gasteiger partial charge in [0, 0.05) is 13.6 Å². The van der Waals surface area contributed by atoms with Gasteiger partial charge in [0.05, 0.1) is 18.1 Å². The lowest BCUT2D eigenvalue weighted by Gasteiger charge is -2.16. The fourth-order valence-corrected chi connectivity index (χ4v) is 2.03. The molecule has 0 unspecified atom stereocenters. The molecule has 5 heteroatoms. The number of halogens is 1. The largest absolute Gasteiger partial charge is 0.496 e. The Labute approximate surface area is 110 Å². The number of likely N-dealkylation sites (N-methyl/N-ethyl adjacent to an activating group) is 1. The van der Waals surface area contributed by atoms with Crippen LogP contribution in [0.2, 0.25) is 0 Å². The van der Waals surface area contributed by atoms with Crippen LogP contribution in [0, 0.1) is 0 Å². The summed E-state index contributed by atoms with van der Waals surface area (Å²) in [7, 11) is 3.39. The highest BCUT2D eigenvalue weighted by molar-refractivity contribution is 9.10. The summed E-state index contributed by atoms with van der Waals surface area (Å²) in [6.45, 7) is 0.720. The number of rotatable bonds is 5. The lowest BCUT2D eigenvalue weighted by Crippen LogP contribution is -2.34. The molecule has 0 saturated heterocycles. The first-order chi connectivity index (χ1) is 8.08. The summed E-state index contributed by atoms with van der Waals surface area (Å²) < 4.78 is 6.07. The van der Waals surface area contributed by atoms with E-state index in [1.54, 1.807) is 19.1 Å². The summed E-state index contributed by atoms with van der Waals surface area (Å²) >= 11 is 3.43. The lowest BCUT2D eigenvalue weighted by atomic mass is 10.1. The minimum Gasteiger partial charge on any atom is -0.496 e. The molecule has 0 heterocycles. The van der Waals surface area contributed by atoms with Crippen molar-refractivity contribution in [2.45, 2.75) is 6.42 Å². The van der Waals surface area contributed by atoms with E-state index in [-0.39, 0.29) is 12.5 Å². The summed E-state index contributed by atoms with van der Waals surface area (Å²) in [5, 5.41) is 0. The van der Waals surface area contributed by atoms with Gasteiger partial charge in [0.1, 0.15) is 5.75 Å². The predicted molar refractivity (Wildman–Crippen MR) is 71.1 cm³/mol. The monoisotopic (exact) mass is 300 g/mol. The molecule has 0 bridgehead atoms. The number of ether oxygens (including phenoxy) is 1. The number of hydrogen-bond acceptors (Lipinski definition) is 3.